The van der Waals surface area contributed by atoms with E-state index in [9.17, 15) is 9.59 Å². The van der Waals surface area contributed by atoms with Gasteiger partial charge in [-0.25, -0.2) is 0 Å². The molecule has 0 unspecified atom stereocenters. The number of benzene rings is 2. The summed E-state index contributed by atoms with van der Waals surface area (Å²) in [6, 6.07) is 10.9. The van der Waals surface area contributed by atoms with Gasteiger partial charge in [-0.2, -0.15) is 9.78 Å². The molecule has 1 heterocycles. The fourth-order valence-corrected chi connectivity index (χ4v) is 3.08. The summed E-state index contributed by atoms with van der Waals surface area (Å²) < 4.78 is 6.38. The first kappa shape index (κ1) is 19.1. The van der Waals surface area contributed by atoms with Crippen molar-refractivity contribution in [3.8, 4) is 5.69 Å². The molecule has 0 N–H and O–H groups in total. The molecule has 0 radical (unpaired) electrons. The van der Waals surface area contributed by atoms with E-state index in [0.29, 0.717) is 21.7 Å². The van der Waals surface area contributed by atoms with Crippen molar-refractivity contribution in [3.05, 3.63) is 69.1 Å². The van der Waals surface area contributed by atoms with E-state index < -0.39 is 5.97 Å². The van der Waals surface area contributed by atoms with Gasteiger partial charge in [0.05, 0.1) is 17.3 Å². The van der Waals surface area contributed by atoms with Crippen LogP contribution in [0.3, 0.4) is 0 Å². The van der Waals surface area contributed by atoms with Crippen molar-refractivity contribution in [2.45, 2.75) is 39.7 Å². The van der Waals surface area contributed by atoms with Crippen molar-refractivity contribution in [1.82, 2.24) is 9.78 Å². The van der Waals surface area contributed by atoms with Crippen LogP contribution in [0.5, 0.6) is 0 Å². The number of aromatic nitrogens is 2. The summed E-state index contributed by atoms with van der Waals surface area (Å²) in [5.74, 6) is -0.422. The fraction of sp³-hybridized carbons (Fsp3) is 0.286. The minimum absolute atomic E-state index is 0.0206. The summed E-state index contributed by atoms with van der Waals surface area (Å²) in [6.45, 7) is 7.66. The fourth-order valence-electron chi connectivity index (χ4n) is 2.85. The smallest absolute Gasteiger partial charge is 0.302 e. The number of carbonyl (C=O) groups is 1. The summed E-state index contributed by atoms with van der Waals surface area (Å²) in [5.41, 5.74) is 1.89. The predicted molar refractivity (Wildman–Crippen MR) is 107 cm³/mol. The topological polar surface area (TPSA) is 61.2 Å². The second-order valence-corrected chi connectivity index (χ2v) is 7.84. The minimum atomic E-state index is -0.422. The van der Waals surface area contributed by atoms with Gasteiger partial charge in [0.15, 0.2) is 0 Å². The molecule has 140 valence electrons. The molecule has 0 atom stereocenters. The van der Waals surface area contributed by atoms with Crippen LogP contribution < -0.4 is 5.56 Å². The predicted octanol–water partition coefficient (Wildman–Crippen LogP) is 4.40. The highest BCUT2D eigenvalue weighted by Gasteiger charge is 2.17. The van der Waals surface area contributed by atoms with Gasteiger partial charge in [0.1, 0.15) is 6.61 Å². The van der Waals surface area contributed by atoms with E-state index in [-0.39, 0.29) is 17.6 Å². The van der Waals surface area contributed by atoms with Crippen LogP contribution in [-0.4, -0.2) is 15.7 Å². The molecule has 0 bridgehead atoms. The van der Waals surface area contributed by atoms with Crippen molar-refractivity contribution in [2.75, 3.05) is 0 Å². The quantitative estimate of drug-likeness (QED) is 0.628. The largest absolute Gasteiger partial charge is 0.461 e. The molecule has 0 spiro atoms. The lowest BCUT2D eigenvalue weighted by molar-refractivity contribution is -0.142. The standard InChI is InChI=1S/C21H21ClN2O3/c1-13(25)27-12-17-18(22)6-5-7-19(17)24-20(26)16-9-8-15(21(2,3)4)10-14(16)11-23-24/h5-11H,12H2,1-4H3. The first-order valence-corrected chi connectivity index (χ1v) is 9.00. The van der Waals surface area contributed by atoms with Crippen LogP contribution in [0.25, 0.3) is 16.5 Å². The Morgan fingerprint density at radius 1 is 1.22 bits per heavy atom. The molecule has 0 aliphatic rings. The van der Waals surface area contributed by atoms with E-state index in [2.05, 4.69) is 25.9 Å². The molecule has 6 heteroatoms. The lowest BCUT2D eigenvalue weighted by Crippen LogP contribution is -2.23. The molecule has 3 rings (SSSR count). The molecule has 0 fully saturated rings. The van der Waals surface area contributed by atoms with Crippen LogP contribution in [0.2, 0.25) is 5.02 Å². The third-order valence-electron chi connectivity index (χ3n) is 4.39. The molecule has 1 aromatic heterocycles. The van der Waals surface area contributed by atoms with Gasteiger partial charge in [-0.1, -0.05) is 44.5 Å². The second-order valence-electron chi connectivity index (χ2n) is 7.43. The Bertz CT molecular complexity index is 1080. The number of nitrogens with zero attached hydrogens (tertiary/aromatic N) is 2. The van der Waals surface area contributed by atoms with Crippen molar-refractivity contribution in [2.24, 2.45) is 0 Å². The number of carbonyl (C=O) groups excluding carboxylic acids is 1. The monoisotopic (exact) mass is 384 g/mol. The number of hydrogen-bond donors (Lipinski definition) is 0. The summed E-state index contributed by atoms with van der Waals surface area (Å²) in [6.07, 6.45) is 1.67. The Kier molecular flexibility index (Phi) is 5.07. The number of ether oxygens (including phenoxy) is 1. The van der Waals surface area contributed by atoms with Crippen molar-refractivity contribution >= 4 is 28.3 Å². The first-order valence-electron chi connectivity index (χ1n) is 8.62. The zero-order valence-electron chi connectivity index (χ0n) is 15.7. The average Bonchev–Trinajstić information content (AvgIpc) is 2.60. The summed E-state index contributed by atoms with van der Waals surface area (Å²) in [4.78, 5) is 24.2. The zero-order chi connectivity index (χ0) is 19.8. The van der Waals surface area contributed by atoms with Gasteiger partial charge < -0.3 is 4.74 Å². The molecule has 27 heavy (non-hydrogen) atoms. The Morgan fingerprint density at radius 2 is 1.96 bits per heavy atom. The molecule has 5 nitrogen and oxygen atoms in total. The van der Waals surface area contributed by atoms with Gasteiger partial charge in [0, 0.05) is 22.9 Å². The first-order chi connectivity index (χ1) is 12.7. The van der Waals surface area contributed by atoms with E-state index >= 15 is 0 Å². The number of fused-ring (bicyclic) bond motifs is 1. The van der Waals surface area contributed by atoms with Crippen molar-refractivity contribution in [3.63, 3.8) is 0 Å². The molecule has 0 amide bonds. The second kappa shape index (κ2) is 7.16. The van der Waals surface area contributed by atoms with Crippen LogP contribution in [0.1, 0.15) is 38.8 Å². The molecule has 0 aliphatic heterocycles. The maximum absolute atomic E-state index is 13.0. The summed E-state index contributed by atoms with van der Waals surface area (Å²) >= 11 is 6.27. The highest BCUT2D eigenvalue weighted by Crippen LogP contribution is 2.26. The third kappa shape index (κ3) is 3.88. The number of hydrogen-bond acceptors (Lipinski definition) is 4. The number of rotatable bonds is 3. The Labute approximate surface area is 162 Å². The Morgan fingerprint density at radius 3 is 2.63 bits per heavy atom. The van der Waals surface area contributed by atoms with Crippen molar-refractivity contribution < 1.29 is 9.53 Å². The van der Waals surface area contributed by atoms with E-state index in [1.54, 1.807) is 24.4 Å². The van der Waals surface area contributed by atoms with Crippen LogP contribution in [0.15, 0.2) is 47.4 Å². The zero-order valence-corrected chi connectivity index (χ0v) is 16.5. The maximum atomic E-state index is 13.0. The molecule has 0 saturated carbocycles. The number of halogens is 1. The van der Waals surface area contributed by atoms with Gasteiger partial charge in [0.25, 0.3) is 5.56 Å². The lowest BCUT2D eigenvalue weighted by atomic mass is 9.86. The minimum Gasteiger partial charge on any atom is -0.461 e. The van der Waals surface area contributed by atoms with Gasteiger partial charge in [-0.05, 0) is 35.2 Å². The molecule has 0 saturated heterocycles. The normalized spacial score (nSPS) is 11.6. The highest BCUT2D eigenvalue weighted by molar-refractivity contribution is 6.31. The summed E-state index contributed by atoms with van der Waals surface area (Å²) in [5, 5.41) is 6.09. The third-order valence-corrected chi connectivity index (χ3v) is 4.75. The van der Waals surface area contributed by atoms with E-state index in [0.717, 1.165) is 10.9 Å². The van der Waals surface area contributed by atoms with Gasteiger partial charge in [-0.15, -0.1) is 0 Å². The highest BCUT2D eigenvalue weighted by atomic mass is 35.5. The van der Waals surface area contributed by atoms with Crippen LogP contribution in [-0.2, 0) is 21.6 Å². The van der Waals surface area contributed by atoms with Crippen LogP contribution in [0, 0.1) is 0 Å². The lowest BCUT2D eigenvalue weighted by Gasteiger charge is -2.19. The van der Waals surface area contributed by atoms with E-state index in [1.807, 2.05) is 18.2 Å². The molecule has 0 aliphatic carbocycles. The average molecular weight is 385 g/mol. The van der Waals surface area contributed by atoms with Crippen LogP contribution >= 0.6 is 11.6 Å². The van der Waals surface area contributed by atoms with E-state index in [4.69, 9.17) is 16.3 Å². The van der Waals surface area contributed by atoms with Crippen LogP contribution in [0.4, 0.5) is 0 Å². The maximum Gasteiger partial charge on any atom is 0.302 e. The van der Waals surface area contributed by atoms with Crippen molar-refractivity contribution in [1.29, 1.82) is 0 Å². The Hall–Kier alpha value is -2.66. The van der Waals surface area contributed by atoms with E-state index in [1.165, 1.54) is 11.6 Å². The molecular weight excluding hydrogens is 364 g/mol. The number of esters is 1. The summed E-state index contributed by atoms with van der Waals surface area (Å²) in [7, 11) is 0. The molecule has 3 aromatic rings. The Balaban J connectivity index is 2.16. The SMILES string of the molecule is CC(=O)OCc1c(Cl)cccc1-n1ncc2cc(C(C)(C)C)ccc2c1=O. The van der Waals surface area contributed by atoms with Gasteiger partial charge in [0.2, 0.25) is 0 Å². The van der Waals surface area contributed by atoms with Gasteiger partial charge >= 0.3 is 5.97 Å². The van der Waals surface area contributed by atoms with Gasteiger partial charge in [-0.3, -0.25) is 9.59 Å². The molecular formula is C21H21ClN2O3. The molecule has 2 aromatic carbocycles.